The van der Waals surface area contributed by atoms with Crippen LogP contribution in [0.2, 0.25) is 0 Å². The number of halogens is 3. The van der Waals surface area contributed by atoms with E-state index < -0.39 is 12.4 Å². The van der Waals surface area contributed by atoms with E-state index in [9.17, 15) is 13.6 Å². The second-order valence-electron chi connectivity index (χ2n) is 3.40. The molecule has 1 aromatic rings. The van der Waals surface area contributed by atoms with Crippen molar-refractivity contribution in [2.45, 2.75) is 26.7 Å². The Labute approximate surface area is 106 Å². The molecule has 0 N–H and O–H groups in total. The Bertz CT molecular complexity index is 424. The first-order chi connectivity index (χ1) is 7.95. The fourth-order valence-corrected chi connectivity index (χ4v) is 1.92. The van der Waals surface area contributed by atoms with Gasteiger partial charge in [-0.2, -0.15) is 0 Å². The Hall–Kier alpha value is -1.04. The quantitative estimate of drug-likeness (QED) is 0.802. The van der Waals surface area contributed by atoms with Crippen molar-refractivity contribution in [3.63, 3.8) is 0 Å². The Kier molecular flexibility index (Phi) is 4.99. The number of esters is 1. The third-order valence-corrected chi connectivity index (χ3v) is 2.76. The van der Waals surface area contributed by atoms with Crippen LogP contribution in [0, 0.1) is 6.92 Å². The van der Waals surface area contributed by atoms with Gasteiger partial charge in [0.2, 0.25) is 0 Å². The number of aryl methyl sites for hydroxylation is 1. The number of hydrogen-bond acceptors (Lipinski definition) is 3. The van der Waals surface area contributed by atoms with E-state index in [-0.39, 0.29) is 23.2 Å². The number of ether oxygens (including phenoxy) is 1. The van der Waals surface area contributed by atoms with E-state index in [1.165, 1.54) is 6.07 Å². The molecule has 0 aliphatic carbocycles. The van der Waals surface area contributed by atoms with Crippen LogP contribution in [0.1, 0.15) is 30.3 Å². The predicted octanol–water partition coefficient (Wildman–Crippen LogP) is 3.20. The van der Waals surface area contributed by atoms with Gasteiger partial charge in [-0.1, -0.05) is 0 Å². The number of carbonyl (C=O) groups is 1. The number of alkyl halides is 2. The van der Waals surface area contributed by atoms with Gasteiger partial charge in [-0.25, -0.2) is 13.8 Å². The molecule has 0 fully saturated rings. The molecule has 0 bridgehead atoms. The molecule has 0 unspecified atom stereocenters. The maximum absolute atomic E-state index is 12.6. The highest BCUT2D eigenvalue weighted by molar-refractivity contribution is 9.10. The first-order valence-electron chi connectivity index (χ1n) is 5.05. The number of pyridine rings is 1. The highest BCUT2D eigenvalue weighted by Crippen LogP contribution is 2.27. The lowest BCUT2D eigenvalue weighted by Gasteiger charge is -2.09. The van der Waals surface area contributed by atoms with E-state index in [1.54, 1.807) is 13.8 Å². The first kappa shape index (κ1) is 14.0. The lowest BCUT2D eigenvalue weighted by atomic mass is 10.1. The van der Waals surface area contributed by atoms with E-state index in [0.717, 1.165) is 0 Å². The van der Waals surface area contributed by atoms with Crippen molar-refractivity contribution in [2.24, 2.45) is 0 Å². The van der Waals surface area contributed by atoms with E-state index >= 15 is 0 Å². The van der Waals surface area contributed by atoms with Gasteiger partial charge in [-0.05, 0) is 41.4 Å². The summed E-state index contributed by atoms with van der Waals surface area (Å²) in [6, 6.07) is 1.53. The second-order valence-corrected chi connectivity index (χ2v) is 4.26. The zero-order valence-corrected chi connectivity index (χ0v) is 11.1. The van der Waals surface area contributed by atoms with Crippen LogP contribution in [-0.4, -0.2) is 17.6 Å². The third-order valence-electron chi connectivity index (χ3n) is 2.12. The minimum atomic E-state index is -2.68. The molecule has 1 aromatic heterocycles. The molecule has 1 heterocycles. The summed E-state index contributed by atoms with van der Waals surface area (Å²) in [7, 11) is 0. The third kappa shape index (κ3) is 3.73. The molecule has 0 spiro atoms. The SMILES string of the molecule is CCOC(=O)Cc1nc(C(F)F)c(Br)cc1C. The van der Waals surface area contributed by atoms with Gasteiger partial charge in [-0.15, -0.1) is 0 Å². The molecule has 1 rings (SSSR count). The summed E-state index contributed by atoms with van der Waals surface area (Å²) >= 11 is 3.02. The van der Waals surface area contributed by atoms with E-state index in [4.69, 9.17) is 4.74 Å². The lowest BCUT2D eigenvalue weighted by Crippen LogP contribution is -2.11. The summed E-state index contributed by atoms with van der Waals surface area (Å²) in [6.45, 7) is 3.65. The summed E-state index contributed by atoms with van der Waals surface area (Å²) in [6.07, 6.45) is -2.77. The summed E-state index contributed by atoms with van der Waals surface area (Å²) in [5.74, 6) is -0.467. The van der Waals surface area contributed by atoms with Crippen molar-refractivity contribution >= 4 is 21.9 Å². The normalized spacial score (nSPS) is 10.7. The Morgan fingerprint density at radius 3 is 2.76 bits per heavy atom. The monoisotopic (exact) mass is 307 g/mol. The van der Waals surface area contributed by atoms with Crippen LogP contribution in [0.5, 0.6) is 0 Å². The van der Waals surface area contributed by atoms with Crippen molar-refractivity contribution in [2.75, 3.05) is 6.61 Å². The number of nitrogens with zero attached hydrogens (tertiary/aromatic N) is 1. The molecular weight excluding hydrogens is 296 g/mol. The second kappa shape index (κ2) is 6.05. The van der Waals surface area contributed by atoms with Gasteiger partial charge in [0.15, 0.2) is 0 Å². The van der Waals surface area contributed by atoms with Gasteiger partial charge >= 0.3 is 5.97 Å². The van der Waals surface area contributed by atoms with E-state index in [1.807, 2.05) is 0 Å². The summed E-state index contributed by atoms with van der Waals surface area (Å²) < 4.78 is 30.2. The summed E-state index contributed by atoms with van der Waals surface area (Å²) in [4.78, 5) is 15.1. The van der Waals surface area contributed by atoms with Crippen LogP contribution in [-0.2, 0) is 16.0 Å². The highest BCUT2D eigenvalue weighted by atomic mass is 79.9. The fourth-order valence-electron chi connectivity index (χ4n) is 1.32. The Morgan fingerprint density at radius 2 is 2.24 bits per heavy atom. The largest absolute Gasteiger partial charge is 0.466 e. The Balaban J connectivity index is 2.99. The van der Waals surface area contributed by atoms with Crippen molar-refractivity contribution in [1.82, 2.24) is 4.98 Å². The standard InChI is InChI=1S/C11H12BrF2NO2/c1-3-17-9(16)5-8-6(2)4-7(12)10(15-8)11(13)14/h4,11H,3,5H2,1-2H3. The maximum atomic E-state index is 12.6. The molecule has 94 valence electrons. The maximum Gasteiger partial charge on any atom is 0.311 e. The van der Waals surface area contributed by atoms with Crippen molar-refractivity contribution in [3.8, 4) is 0 Å². The molecule has 0 atom stereocenters. The lowest BCUT2D eigenvalue weighted by molar-refractivity contribution is -0.142. The molecule has 3 nitrogen and oxygen atoms in total. The number of rotatable bonds is 4. The van der Waals surface area contributed by atoms with Crippen LogP contribution in [0.4, 0.5) is 8.78 Å². The molecule has 0 aromatic carbocycles. The van der Waals surface area contributed by atoms with Gasteiger partial charge in [-0.3, -0.25) is 4.79 Å². The van der Waals surface area contributed by atoms with Gasteiger partial charge in [0.1, 0.15) is 5.69 Å². The first-order valence-corrected chi connectivity index (χ1v) is 5.84. The van der Waals surface area contributed by atoms with Gasteiger partial charge in [0, 0.05) is 4.47 Å². The average Bonchev–Trinajstić information content (AvgIpc) is 2.21. The fraction of sp³-hybridized carbons (Fsp3) is 0.455. The van der Waals surface area contributed by atoms with Crippen LogP contribution >= 0.6 is 15.9 Å². The molecular formula is C11H12BrF2NO2. The van der Waals surface area contributed by atoms with Crippen LogP contribution in [0.3, 0.4) is 0 Å². The van der Waals surface area contributed by atoms with E-state index in [0.29, 0.717) is 11.3 Å². The summed E-state index contributed by atoms with van der Waals surface area (Å²) in [5.41, 5.74) is 0.645. The Morgan fingerprint density at radius 1 is 1.59 bits per heavy atom. The molecule has 0 saturated heterocycles. The highest BCUT2D eigenvalue weighted by Gasteiger charge is 2.17. The summed E-state index contributed by atoms with van der Waals surface area (Å²) in [5, 5.41) is 0. The number of aromatic nitrogens is 1. The smallest absolute Gasteiger partial charge is 0.311 e. The van der Waals surface area contributed by atoms with Crippen LogP contribution in [0.15, 0.2) is 10.5 Å². The van der Waals surface area contributed by atoms with Gasteiger partial charge < -0.3 is 4.74 Å². The van der Waals surface area contributed by atoms with Crippen LogP contribution < -0.4 is 0 Å². The van der Waals surface area contributed by atoms with Crippen LogP contribution in [0.25, 0.3) is 0 Å². The van der Waals surface area contributed by atoms with Crippen molar-refractivity contribution < 1.29 is 18.3 Å². The zero-order valence-electron chi connectivity index (χ0n) is 9.47. The molecule has 17 heavy (non-hydrogen) atoms. The molecule has 0 saturated carbocycles. The molecule has 0 aliphatic rings. The van der Waals surface area contributed by atoms with Gasteiger partial charge in [0.05, 0.1) is 18.7 Å². The zero-order chi connectivity index (χ0) is 13.0. The minimum Gasteiger partial charge on any atom is -0.466 e. The molecule has 0 amide bonds. The predicted molar refractivity (Wildman–Crippen MR) is 62.0 cm³/mol. The topological polar surface area (TPSA) is 39.2 Å². The molecule has 0 aliphatic heterocycles. The number of carbonyl (C=O) groups excluding carboxylic acids is 1. The van der Waals surface area contributed by atoms with Crippen molar-refractivity contribution in [3.05, 3.63) is 27.5 Å². The number of hydrogen-bond donors (Lipinski definition) is 0. The molecule has 6 heteroatoms. The average molecular weight is 308 g/mol. The minimum absolute atomic E-state index is 0.0906. The van der Waals surface area contributed by atoms with Gasteiger partial charge in [0.25, 0.3) is 6.43 Å². The van der Waals surface area contributed by atoms with E-state index in [2.05, 4.69) is 20.9 Å². The molecule has 0 radical (unpaired) electrons. The van der Waals surface area contributed by atoms with Crippen molar-refractivity contribution in [1.29, 1.82) is 0 Å².